The van der Waals surface area contributed by atoms with Crippen LogP contribution in [0.15, 0.2) is 42.5 Å². The molecule has 0 unspecified atom stereocenters. The van der Waals surface area contributed by atoms with Crippen LogP contribution in [0.3, 0.4) is 0 Å². The van der Waals surface area contributed by atoms with Crippen LogP contribution in [-0.4, -0.2) is 22.3 Å². The third kappa shape index (κ3) is 5.66. The number of carbonyl (C=O) groups excluding carboxylic acids is 2. The molecule has 0 aliphatic heterocycles. The molecule has 0 aliphatic rings. The number of carbonyl (C=O) groups is 2. The van der Waals surface area contributed by atoms with Crippen molar-refractivity contribution in [2.24, 2.45) is 0 Å². The molecule has 0 fully saturated rings. The van der Waals surface area contributed by atoms with Gasteiger partial charge in [-0.3, -0.25) is 4.79 Å². The van der Waals surface area contributed by atoms with Crippen molar-refractivity contribution in [1.82, 2.24) is 0 Å². The van der Waals surface area contributed by atoms with E-state index in [1.54, 1.807) is 37.3 Å². The van der Waals surface area contributed by atoms with Gasteiger partial charge in [-0.05, 0) is 43.3 Å². The van der Waals surface area contributed by atoms with Crippen LogP contribution in [0.2, 0.25) is 10.0 Å². The van der Waals surface area contributed by atoms with Crippen molar-refractivity contribution in [2.45, 2.75) is 17.3 Å². The van der Waals surface area contributed by atoms with Gasteiger partial charge in [0.25, 0.3) is 9.70 Å². The van der Waals surface area contributed by atoms with Gasteiger partial charge in [0.05, 0.1) is 18.7 Å². The molecule has 9 heteroatoms. The molecule has 0 N–H and O–H groups in total. The Morgan fingerprint density at radius 2 is 1.56 bits per heavy atom. The predicted molar refractivity (Wildman–Crippen MR) is 110 cm³/mol. The smallest absolute Gasteiger partial charge is 0.338 e. The lowest BCUT2D eigenvalue weighted by molar-refractivity contribution is -0.117. The maximum atomic E-state index is 12.7. The first-order valence-corrected chi connectivity index (χ1v) is 9.63. The number of amides is 1. The zero-order valence-corrected chi connectivity index (χ0v) is 17.8. The normalized spacial score (nSPS) is 11.2. The van der Waals surface area contributed by atoms with Crippen LogP contribution >= 0.6 is 58.0 Å². The van der Waals surface area contributed by atoms with Crippen LogP contribution in [0, 0.1) is 0 Å². The second-order valence-corrected chi connectivity index (χ2v) is 8.45. The molecule has 0 aliphatic carbocycles. The van der Waals surface area contributed by atoms with Gasteiger partial charge in [-0.2, -0.15) is 0 Å². The maximum Gasteiger partial charge on any atom is 0.338 e. The Kier molecular flexibility index (Phi) is 7.66. The van der Waals surface area contributed by atoms with E-state index in [-0.39, 0.29) is 13.2 Å². The summed E-state index contributed by atoms with van der Waals surface area (Å²) in [6.07, 6.45) is 0. The molecule has 0 heterocycles. The number of rotatable bonds is 5. The van der Waals surface area contributed by atoms with Gasteiger partial charge in [0, 0.05) is 21.3 Å². The second-order valence-electron chi connectivity index (χ2n) is 5.36. The summed E-state index contributed by atoms with van der Waals surface area (Å²) >= 11 is 29.8. The van der Waals surface area contributed by atoms with Gasteiger partial charge >= 0.3 is 5.97 Å². The van der Waals surface area contributed by atoms with Gasteiger partial charge in [0.15, 0.2) is 0 Å². The summed E-state index contributed by atoms with van der Waals surface area (Å²) in [5.74, 6) is -1.26. The Labute approximate surface area is 181 Å². The van der Waals surface area contributed by atoms with Gasteiger partial charge < -0.3 is 9.64 Å². The molecule has 144 valence electrons. The first-order chi connectivity index (χ1) is 12.6. The summed E-state index contributed by atoms with van der Waals surface area (Å²) in [6.45, 7) is 1.94. The summed E-state index contributed by atoms with van der Waals surface area (Å²) in [7, 11) is 0. The van der Waals surface area contributed by atoms with Crippen molar-refractivity contribution >= 4 is 75.6 Å². The van der Waals surface area contributed by atoms with Crippen LogP contribution in [0.1, 0.15) is 22.8 Å². The fourth-order valence-corrected chi connectivity index (χ4v) is 3.09. The lowest BCUT2D eigenvalue weighted by Gasteiger charge is -2.27. The van der Waals surface area contributed by atoms with Crippen molar-refractivity contribution in [2.75, 3.05) is 11.5 Å². The summed E-state index contributed by atoms with van der Waals surface area (Å²) < 4.78 is 2.75. The zero-order chi connectivity index (χ0) is 20.2. The van der Waals surface area contributed by atoms with Crippen molar-refractivity contribution in [3.8, 4) is 0 Å². The summed E-state index contributed by atoms with van der Waals surface area (Å²) in [4.78, 5) is 25.7. The molecule has 0 saturated carbocycles. The van der Waals surface area contributed by atoms with Crippen molar-refractivity contribution in [3.05, 3.63) is 63.6 Å². The quantitative estimate of drug-likeness (QED) is 0.394. The van der Waals surface area contributed by atoms with Gasteiger partial charge in [-0.25, -0.2) is 4.79 Å². The van der Waals surface area contributed by atoms with Gasteiger partial charge in [-0.1, -0.05) is 64.1 Å². The second kappa shape index (κ2) is 9.35. The number of nitrogens with zero attached hydrogens (tertiary/aromatic N) is 1. The molecular formula is C18H14Cl5NO3. The topological polar surface area (TPSA) is 46.6 Å². The van der Waals surface area contributed by atoms with E-state index in [9.17, 15) is 9.59 Å². The SMILES string of the molecule is CCOC(=O)c1ccc(N(Cc2c(Cl)cccc2Cl)C(=O)C(Cl)(Cl)Cl)cc1. The minimum absolute atomic E-state index is 0.0238. The highest BCUT2D eigenvalue weighted by molar-refractivity contribution is 6.77. The molecule has 27 heavy (non-hydrogen) atoms. The largest absolute Gasteiger partial charge is 0.462 e. The highest BCUT2D eigenvalue weighted by atomic mass is 35.6. The Morgan fingerprint density at radius 3 is 2.04 bits per heavy atom. The molecule has 0 aromatic heterocycles. The molecule has 0 radical (unpaired) electrons. The number of benzene rings is 2. The fraction of sp³-hybridized carbons (Fsp3) is 0.222. The van der Waals surface area contributed by atoms with E-state index >= 15 is 0 Å². The summed E-state index contributed by atoms with van der Waals surface area (Å²) in [5.41, 5.74) is 1.23. The molecule has 0 spiro atoms. The van der Waals surface area contributed by atoms with Crippen LogP contribution in [0.25, 0.3) is 0 Å². The number of halogens is 5. The summed E-state index contributed by atoms with van der Waals surface area (Å²) in [6, 6.07) is 11.1. The molecule has 0 saturated heterocycles. The Bertz CT molecular complexity index is 814. The molecule has 2 aromatic rings. The van der Waals surface area contributed by atoms with Gasteiger partial charge in [0.1, 0.15) is 0 Å². The molecule has 0 bridgehead atoms. The van der Waals surface area contributed by atoms with Crippen LogP contribution < -0.4 is 4.90 Å². The standard InChI is InChI=1S/C18H14Cl5NO3/c1-2-27-16(25)11-6-8-12(9-7-11)24(17(26)18(21,22)23)10-13-14(19)4-3-5-15(13)20/h3-9H,2,10H2,1H3. The van der Waals surface area contributed by atoms with E-state index in [1.165, 1.54) is 17.0 Å². The average molecular weight is 470 g/mol. The highest BCUT2D eigenvalue weighted by Crippen LogP contribution is 2.34. The predicted octanol–water partition coefficient (Wildman–Crippen LogP) is 6.07. The third-order valence-electron chi connectivity index (χ3n) is 3.56. The van der Waals surface area contributed by atoms with Crippen molar-refractivity contribution < 1.29 is 14.3 Å². The number of ether oxygens (including phenoxy) is 1. The Balaban J connectivity index is 2.41. The van der Waals surface area contributed by atoms with Crippen LogP contribution in [0.4, 0.5) is 5.69 Å². The average Bonchev–Trinajstić information content (AvgIpc) is 2.61. The van der Waals surface area contributed by atoms with E-state index < -0.39 is 15.7 Å². The maximum absolute atomic E-state index is 12.7. The lowest BCUT2D eigenvalue weighted by atomic mass is 10.1. The van der Waals surface area contributed by atoms with E-state index in [4.69, 9.17) is 62.7 Å². The molecule has 2 aromatic carbocycles. The zero-order valence-electron chi connectivity index (χ0n) is 14.0. The van der Waals surface area contributed by atoms with Crippen molar-refractivity contribution in [3.63, 3.8) is 0 Å². The van der Waals surface area contributed by atoms with Gasteiger partial charge in [0.2, 0.25) is 0 Å². The third-order valence-corrected chi connectivity index (χ3v) is 4.75. The Hall–Kier alpha value is -1.17. The number of alkyl halides is 3. The lowest BCUT2D eigenvalue weighted by Crippen LogP contribution is -2.39. The highest BCUT2D eigenvalue weighted by Gasteiger charge is 2.36. The van der Waals surface area contributed by atoms with E-state index in [0.29, 0.717) is 26.9 Å². The molecule has 0 atom stereocenters. The summed E-state index contributed by atoms with van der Waals surface area (Å²) in [5, 5.41) is 0.737. The number of hydrogen-bond acceptors (Lipinski definition) is 3. The van der Waals surface area contributed by atoms with Crippen molar-refractivity contribution in [1.29, 1.82) is 0 Å². The van der Waals surface area contributed by atoms with Crippen LogP contribution in [0.5, 0.6) is 0 Å². The minimum atomic E-state index is -2.19. The molecule has 1 amide bonds. The number of hydrogen-bond donors (Lipinski definition) is 0. The Morgan fingerprint density at radius 1 is 1.00 bits per heavy atom. The fourth-order valence-electron chi connectivity index (χ4n) is 2.27. The van der Waals surface area contributed by atoms with E-state index in [0.717, 1.165) is 0 Å². The van der Waals surface area contributed by atoms with E-state index in [2.05, 4.69) is 0 Å². The first kappa shape index (κ1) is 22.1. The van der Waals surface area contributed by atoms with E-state index in [1.807, 2.05) is 0 Å². The number of esters is 1. The van der Waals surface area contributed by atoms with Crippen LogP contribution in [-0.2, 0) is 16.1 Å². The molecule has 4 nitrogen and oxygen atoms in total. The minimum Gasteiger partial charge on any atom is -0.462 e. The van der Waals surface area contributed by atoms with Gasteiger partial charge in [-0.15, -0.1) is 0 Å². The monoisotopic (exact) mass is 467 g/mol. The molecular weight excluding hydrogens is 455 g/mol. The number of anilines is 1. The molecule has 2 rings (SSSR count). The first-order valence-electron chi connectivity index (χ1n) is 7.74.